The Balaban J connectivity index is 2.04. The molecule has 0 aromatic heterocycles. The molecular weight excluding hydrogens is 228 g/mol. The SMILES string of the molecule is CCc1ccc(NC2=NC(C)(CC)CS2)cc1. The highest BCUT2D eigenvalue weighted by Crippen LogP contribution is 2.30. The second kappa shape index (κ2) is 5.13. The second-order valence-corrected chi connectivity index (χ2v) is 5.70. The van der Waals surface area contributed by atoms with Gasteiger partial charge in [-0.1, -0.05) is 37.7 Å². The lowest BCUT2D eigenvalue weighted by Gasteiger charge is -2.15. The lowest BCUT2D eigenvalue weighted by molar-refractivity contribution is 0.523. The highest BCUT2D eigenvalue weighted by Gasteiger charge is 2.28. The Bertz CT molecular complexity index is 411. The van der Waals surface area contributed by atoms with Crippen LogP contribution in [0.25, 0.3) is 0 Å². The lowest BCUT2D eigenvalue weighted by atomic mass is 10.0. The third kappa shape index (κ3) is 3.03. The molecule has 0 bridgehead atoms. The largest absolute Gasteiger partial charge is 0.335 e. The van der Waals surface area contributed by atoms with Crippen molar-refractivity contribution in [1.82, 2.24) is 0 Å². The zero-order valence-electron chi connectivity index (χ0n) is 10.8. The van der Waals surface area contributed by atoms with Gasteiger partial charge in [-0.15, -0.1) is 0 Å². The van der Waals surface area contributed by atoms with Crippen LogP contribution in [0.2, 0.25) is 0 Å². The number of hydrogen-bond donors (Lipinski definition) is 1. The van der Waals surface area contributed by atoms with Gasteiger partial charge < -0.3 is 5.32 Å². The molecule has 3 heteroatoms. The van der Waals surface area contributed by atoms with E-state index >= 15 is 0 Å². The van der Waals surface area contributed by atoms with Crippen molar-refractivity contribution in [3.63, 3.8) is 0 Å². The number of aliphatic imine (C=N–C) groups is 1. The first-order valence-electron chi connectivity index (χ1n) is 6.24. The monoisotopic (exact) mass is 248 g/mol. The van der Waals surface area contributed by atoms with Crippen molar-refractivity contribution in [2.24, 2.45) is 4.99 Å². The number of aryl methyl sites for hydroxylation is 1. The molecule has 2 nitrogen and oxygen atoms in total. The summed E-state index contributed by atoms with van der Waals surface area (Å²) in [6, 6.07) is 8.59. The van der Waals surface area contributed by atoms with Gasteiger partial charge in [0.05, 0.1) is 5.54 Å². The molecule has 1 aromatic rings. The van der Waals surface area contributed by atoms with Crippen molar-refractivity contribution in [2.45, 2.75) is 39.2 Å². The number of hydrogen-bond acceptors (Lipinski definition) is 3. The van der Waals surface area contributed by atoms with E-state index in [1.165, 1.54) is 5.56 Å². The molecule has 1 heterocycles. The van der Waals surface area contributed by atoms with E-state index < -0.39 is 0 Å². The van der Waals surface area contributed by atoms with Crippen LogP contribution < -0.4 is 5.32 Å². The highest BCUT2D eigenvalue weighted by molar-refractivity contribution is 8.14. The van der Waals surface area contributed by atoms with E-state index in [-0.39, 0.29) is 5.54 Å². The summed E-state index contributed by atoms with van der Waals surface area (Å²) in [5.74, 6) is 1.08. The smallest absolute Gasteiger partial charge is 0.161 e. The van der Waals surface area contributed by atoms with Gasteiger partial charge in [0.15, 0.2) is 5.17 Å². The van der Waals surface area contributed by atoms with Crippen molar-refractivity contribution < 1.29 is 0 Å². The molecule has 17 heavy (non-hydrogen) atoms. The Morgan fingerprint density at radius 3 is 2.53 bits per heavy atom. The summed E-state index contributed by atoms with van der Waals surface area (Å²) in [7, 11) is 0. The molecule has 1 N–H and O–H groups in total. The fraction of sp³-hybridized carbons (Fsp3) is 0.500. The third-order valence-corrected chi connectivity index (χ3v) is 4.50. The van der Waals surface area contributed by atoms with Crippen LogP contribution in [-0.4, -0.2) is 16.5 Å². The fourth-order valence-electron chi connectivity index (χ4n) is 1.73. The molecule has 0 aliphatic carbocycles. The van der Waals surface area contributed by atoms with Gasteiger partial charge in [-0.25, -0.2) is 0 Å². The Labute approximate surface area is 108 Å². The molecule has 92 valence electrons. The van der Waals surface area contributed by atoms with Crippen molar-refractivity contribution in [1.29, 1.82) is 0 Å². The number of anilines is 1. The molecular formula is C14H20N2S. The second-order valence-electron chi connectivity index (χ2n) is 4.73. The maximum atomic E-state index is 4.74. The van der Waals surface area contributed by atoms with Gasteiger partial charge in [-0.05, 0) is 37.5 Å². The van der Waals surface area contributed by atoms with Crippen LogP contribution >= 0.6 is 11.8 Å². The number of nitrogens with zero attached hydrogens (tertiary/aromatic N) is 1. The molecule has 0 saturated heterocycles. The molecule has 0 fully saturated rings. The highest BCUT2D eigenvalue weighted by atomic mass is 32.2. The van der Waals surface area contributed by atoms with E-state index in [0.29, 0.717) is 0 Å². The maximum absolute atomic E-state index is 4.74. The zero-order valence-corrected chi connectivity index (χ0v) is 11.6. The van der Waals surface area contributed by atoms with Crippen molar-refractivity contribution in [3.05, 3.63) is 29.8 Å². The Hall–Kier alpha value is -0.960. The number of nitrogens with one attached hydrogen (secondary N) is 1. The third-order valence-electron chi connectivity index (χ3n) is 3.27. The lowest BCUT2D eigenvalue weighted by Crippen LogP contribution is -2.20. The van der Waals surface area contributed by atoms with Gasteiger partial charge in [0.25, 0.3) is 0 Å². The number of rotatable bonds is 3. The Morgan fingerprint density at radius 1 is 1.29 bits per heavy atom. The van der Waals surface area contributed by atoms with E-state index in [4.69, 9.17) is 4.99 Å². The first kappa shape index (κ1) is 12.5. The molecule has 2 rings (SSSR count). The molecule has 0 radical (unpaired) electrons. The minimum absolute atomic E-state index is 0.121. The quantitative estimate of drug-likeness (QED) is 0.876. The van der Waals surface area contributed by atoms with Crippen LogP contribution in [0.1, 0.15) is 32.8 Å². The van der Waals surface area contributed by atoms with Crippen molar-refractivity contribution in [2.75, 3.05) is 11.1 Å². The van der Waals surface area contributed by atoms with Crippen LogP contribution in [0.4, 0.5) is 5.69 Å². The van der Waals surface area contributed by atoms with Crippen LogP contribution in [0, 0.1) is 0 Å². The minimum atomic E-state index is 0.121. The Morgan fingerprint density at radius 2 is 2.00 bits per heavy atom. The summed E-state index contributed by atoms with van der Waals surface area (Å²) in [5.41, 5.74) is 2.62. The first-order valence-corrected chi connectivity index (χ1v) is 7.22. The standard InChI is InChI=1S/C14H20N2S/c1-4-11-6-8-12(9-7-11)15-13-16-14(3,5-2)10-17-13/h6-9H,4-5,10H2,1-3H3,(H,15,16). The molecule has 1 unspecified atom stereocenters. The molecule has 1 aromatic carbocycles. The molecule has 0 spiro atoms. The van der Waals surface area contributed by atoms with E-state index in [1.807, 2.05) is 11.8 Å². The summed E-state index contributed by atoms with van der Waals surface area (Å²) in [6.07, 6.45) is 2.18. The average Bonchev–Trinajstić information content (AvgIpc) is 2.73. The van der Waals surface area contributed by atoms with Gasteiger partial charge in [-0.2, -0.15) is 0 Å². The summed E-state index contributed by atoms with van der Waals surface area (Å²) in [5, 5.41) is 4.45. The summed E-state index contributed by atoms with van der Waals surface area (Å²) >= 11 is 1.82. The number of thioether (sulfide) groups is 1. The van der Waals surface area contributed by atoms with Gasteiger partial charge >= 0.3 is 0 Å². The minimum Gasteiger partial charge on any atom is -0.335 e. The van der Waals surface area contributed by atoms with Gasteiger partial charge in [0, 0.05) is 11.4 Å². The molecule has 1 atom stereocenters. The van der Waals surface area contributed by atoms with Gasteiger partial charge in [-0.3, -0.25) is 4.99 Å². The van der Waals surface area contributed by atoms with Crippen molar-refractivity contribution in [3.8, 4) is 0 Å². The Kier molecular flexibility index (Phi) is 3.77. The number of amidine groups is 1. The van der Waals surface area contributed by atoms with Gasteiger partial charge in [0.1, 0.15) is 0 Å². The van der Waals surface area contributed by atoms with Gasteiger partial charge in [0.2, 0.25) is 0 Å². The summed E-state index contributed by atoms with van der Waals surface area (Å²) in [6.45, 7) is 6.59. The predicted molar refractivity (Wildman–Crippen MR) is 78.0 cm³/mol. The van der Waals surface area contributed by atoms with Crippen LogP contribution in [0.15, 0.2) is 29.3 Å². The van der Waals surface area contributed by atoms with Crippen LogP contribution in [0.3, 0.4) is 0 Å². The summed E-state index contributed by atoms with van der Waals surface area (Å²) < 4.78 is 0. The number of benzene rings is 1. The van der Waals surface area contributed by atoms with E-state index in [9.17, 15) is 0 Å². The van der Waals surface area contributed by atoms with Crippen LogP contribution in [0.5, 0.6) is 0 Å². The molecule has 0 saturated carbocycles. The molecule has 1 aliphatic heterocycles. The van der Waals surface area contributed by atoms with Crippen molar-refractivity contribution >= 4 is 22.6 Å². The normalized spacial score (nSPS) is 23.6. The molecule has 1 aliphatic rings. The average molecular weight is 248 g/mol. The van der Waals surface area contributed by atoms with Crippen LogP contribution in [-0.2, 0) is 6.42 Å². The predicted octanol–water partition coefficient (Wildman–Crippen LogP) is 3.93. The maximum Gasteiger partial charge on any atom is 0.161 e. The van der Waals surface area contributed by atoms with E-state index in [0.717, 1.165) is 29.4 Å². The summed E-state index contributed by atoms with van der Waals surface area (Å²) in [4.78, 5) is 4.74. The first-order chi connectivity index (χ1) is 8.15. The van der Waals surface area contributed by atoms with E-state index in [2.05, 4.69) is 50.4 Å². The topological polar surface area (TPSA) is 24.4 Å². The molecule has 0 amide bonds. The zero-order chi connectivity index (χ0) is 12.3. The van der Waals surface area contributed by atoms with E-state index in [1.54, 1.807) is 0 Å². The fourth-order valence-corrected chi connectivity index (χ4v) is 2.92.